The highest BCUT2D eigenvalue weighted by Gasteiger charge is 2.41. The van der Waals surface area contributed by atoms with Crippen LogP contribution in [0.3, 0.4) is 0 Å². The van der Waals surface area contributed by atoms with Crippen molar-refractivity contribution in [3.8, 4) is 0 Å². The number of hydrogen-bond donors (Lipinski definition) is 0. The maximum atomic E-state index is 12.7. The lowest BCUT2D eigenvalue weighted by Crippen LogP contribution is -2.09. The molecule has 2 aromatic carbocycles. The lowest BCUT2D eigenvalue weighted by molar-refractivity contribution is -0.117. The van der Waals surface area contributed by atoms with Gasteiger partial charge in [0, 0.05) is 36.0 Å². The quantitative estimate of drug-likeness (QED) is 0.248. The zero-order chi connectivity index (χ0) is 27.9. The minimum atomic E-state index is -0.112. The molecule has 3 aliphatic rings. The molecule has 1 aromatic heterocycles. The van der Waals surface area contributed by atoms with Crippen molar-refractivity contribution in [1.82, 2.24) is 5.16 Å². The van der Waals surface area contributed by atoms with E-state index in [2.05, 4.69) is 81.4 Å². The Morgan fingerprint density at radius 1 is 1.00 bits per heavy atom. The molecule has 4 nitrogen and oxygen atoms in total. The number of unbranched alkanes of at least 4 members (excludes halogenated alkanes) is 1. The number of fused-ring (bicyclic) bond motifs is 3. The van der Waals surface area contributed by atoms with Gasteiger partial charge in [-0.1, -0.05) is 88.2 Å². The molecule has 1 fully saturated rings. The lowest BCUT2D eigenvalue weighted by Gasteiger charge is -2.15. The highest BCUT2D eigenvalue weighted by molar-refractivity contribution is 6.05. The average molecular weight is 535 g/mol. The first-order valence-corrected chi connectivity index (χ1v) is 15.2. The van der Waals surface area contributed by atoms with E-state index in [1.807, 2.05) is 6.07 Å². The van der Waals surface area contributed by atoms with Gasteiger partial charge in [-0.3, -0.25) is 9.79 Å². The summed E-state index contributed by atoms with van der Waals surface area (Å²) in [7, 11) is 0. The SMILES string of the molecule is CCCCC1(CCc2ccc3c(c2)CC2=NC(c4ccc(CC(=O)Cc5cc(C(C)(C)C)on5)cc4)=CC23)CC1. The molecule has 0 bridgehead atoms. The molecule has 2 aliphatic carbocycles. The van der Waals surface area contributed by atoms with E-state index in [-0.39, 0.29) is 11.2 Å². The molecule has 4 heteroatoms. The number of benzene rings is 2. The summed E-state index contributed by atoms with van der Waals surface area (Å²) in [5.41, 5.74) is 10.1. The van der Waals surface area contributed by atoms with Gasteiger partial charge in [0.2, 0.25) is 0 Å². The van der Waals surface area contributed by atoms with E-state index >= 15 is 0 Å². The molecule has 3 aromatic rings. The van der Waals surface area contributed by atoms with Crippen molar-refractivity contribution in [3.63, 3.8) is 0 Å². The van der Waals surface area contributed by atoms with Gasteiger partial charge >= 0.3 is 0 Å². The Morgan fingerprint density at radius 3 is 2.48 bits per heavy atom. The summed E-state index contributed by atoms with van der Waals surface area (Å²) in [6, 6.07) is 17.4. The normalized spacial score (nSPS) is 18.8. The maximum absolute atomic E-state index is 12.7. The summed E-state index contributed by atoms with van der Waals surface area (Å²) >= 11 is 0. The van der Waals surface area contributed by atoms with Gasteiger partial charge < -0.3 is 4.52 Å². The molecule has 1 saturated carbocycles. The third kappa shape index (κ3) is 5.77. The first-order chi connectivity index (χ1) is 19.2. The Bertz CT molecular complexity index is 1460. The zero-order valence-electron chi connectivity index (χ0n) is 24.6. The second-order valence-corrected chi connectivity index (χ2v) is 13.5. The predicted octanol–water partition coefficient (Wildman–Crippen LogP) is 8.36. The number of aliphatic imine (C=N–C) groups is 1. The van der Waals surface area contributed by atoms with Crippen LogP contribution in [-0.2, 0) is 35.9 Å². The fourth-order valence-corrected chi connectivity index (χ4v) is 6.36. The number of ketones is 1. The highest BCUT2D eigenvalue weighted by atomic mass is 16.5. The lowest BCUT2D eigenvalue weighted by atomic mass is 9.90. The van der Waals surface area contributed by atoms with E-state index in [1.54, 1.807) is 0 Å². The monoisotopic (exact) mass is 534 g/mol. The first kappa shape index (κ1) is 26.9. The van der Waals surface area contributed by atoms with Gasteiger partial charge in [0.1, 0.15) is 11.5 Å². The summed E-state index contributed by atoms with van der Waals surface area (Å²) in [5, 5.41) is 4.09. The van der Waals surface area contributed by atoms with Gasteiger partial charge in [0.25, 0.3) is 0 Å². The van der Waals surface area contributed by atoms with E-state index in [4.69, 9.17) is 9.52 Å². The number of rotatable bonds is 11. The summed E-state index contributed by atoms with van der Waals surface area (Å²) in [5.74, 6) is 1.25. The Kier molecular flexibility index (Phi) is 7.14. The third-order valence-corrected chi connectivity index (χ3v) is 9.15. The molecular formula is C36H42N2O2. The number of nitrogens with zero attached hydrogens (tertiary/aromatic N) is 2. The van der Waals surface area contributed by atoms with Crippen LogP contribution in [0.25, 0.3) is 5.70 Å². The fraction of sp³-hybridized carbons (Fsp3) is 0.472. The van der Waals surface area contributed by atoms with Gasteiger partial charge in [-0.25, -0.2) is 0 Å². The minimum Gasteiger partial charge on any atom is -0.361 e. The predicted molar refractivity (Wildman–Crippen MR) is 162 cm³/mol. The van der Waals surface area contributed by atoms with Gasteiger partial charge in [0.05, 0.1) is 17.8 Å². The van der Waals surface area contributed by atoms with Crippen molar-refractivity contribution in [1.29, 1.82) is 0 Å². The van der Waals surface area contributed by atoms with Crippen LogP contribution < -0.4 is 0 Å². The molecule has 208 valence electrons. The van der Waals surface area contributed by atoms with Crippen LogP contribution in [0, 0.1) is 5.41 Å². The van der Waals surface area contributed by atoms with Crippen LogP contribution in [0.2, 0.25) is 0 Å². The van der Waals surface area contributed by atoms with Gasteiger partial charge in [-0.05, 0) is 71.4 Å². The zero-order valence-corrected chi connectivity index (χ0v) is 24.6. The highest BCUT2D eigenvalue weighted by Crippen LogP contribution is 2.53. The van der Waals surface area contributed by atoms with Crippen LogP contribution in [-0.4, -0.2) is 16.7 Å². The second-order valence-electron chi connectivity index (χ2n) is 13.5. The number of allylic oxidation sites excluding steroid dienone is 1. The van der Waals surface area contributed by atoms with Crippen LogP contribution in [0.15, 0.2) is 64.1 Å². The molecular weight excluding hydrogens is 492 g/mol. The molecule has 1 atom stereocenters. The maximum Gasteiger partial charge on any atom is 0.143 e. The number of carbonyl (C=O) groups is 1. The molecule has 2 heterocycles. The molecule has 0 amide bonds. The molecule has 0 saturated heterocycles. The van der Waals surface area contributed by atoms with Gasteiger partial charge in [0.15, 0.2) is 0 Å². The number of hydrogen-bond acceptors (Lipinski definition) is 4. The number of aromatic nitrogens is 1. The number of carbonyl (C=O) groups excluding carboxylic acids is 1. The van der Waals surface area contributed by atoms with Crippen molar-refractivity contribution in [2.24, 2.45) is 10.4 Å². The van der Waals surface area contributed by atoms with Crippen molar-refractivity contribution in [2.75, 3.05) is 0 Å². The molecule has 40 heavy (non-hydrogen) atoms. The number of Topliss-reactive ketones (excluding diaryl/α,β-unsaturated/α-hetero) is 1. The van der Waals surface area contributed by atoms with Crippen molar-refractivity contribution in [3.05, 3.63) is 93.9 Å². The Hall–Kier alpha value is -3.27. The molecule has 6 rings (SSSR count). The Balaban J connectivity index is 1.05. The van der Waals surface area contributed by atoms with Crippen molar-refractivity contribution >= 4 is 17.2 Å². The Labute approximate surface area is 239 Å². The third-order valence-electron chi connectivity index (χ3n) is 9.15. The molecule has 0 radical (unpaired) electrons. The first-order valence-electron chi connectivity index (χ1n) is 15.2. The minimum absolute atomic E-state index is 0.112. The fourth-order valence-electron chi connectivity index (χ4n) is 6.36. The van der Waals surface area contributed by atoms with Gasteiger partial charge in [-0.2, -0.15) is 0 Å². The average Bonchev–Trinajstić information content (AvgIpc) is 3.21. The van der Waals surface area contributed by atoms with Crippen LogP contribution in [0.5, 0.6) is 0 Å². The van der Waals surface area contributed by atoms with Gasteiger partial charge in [-0.15, -0.1) is 0 Å². The molecule has 0 N–H and O–H groups in total. The summed E-state index contributed by atoms with van der Waals surface area (Å²) in [6.07, 6.45) is 13.5. The largest absolute Gasteiger partial charge is 0.361 e. The molecule has 1 aliphatic heterocycles. The van der Waals surface area contributed by atoms with E-state index in [0.29, 0.717) is 29.9 Å². The molecule has 0 spiro atoms. The van der Waals surface area contributed by atoms with Crippen molar-refractivity contribution in [2.45, 2.75) is 103 Å². The summed E-state index contributed by atoms with van der Waals surface area (Å²) in [4.78, 5) is 17.7. The van der Waals surface area contributed by atoms with Crippen LogP contribution in [0.1, 0.15) is 111 Å². The van der Waals surface area contributed by atoms with E-state index in [1.165, 1.54) is 67.3 Å². The van der Waals surface area contributed by atoms with E-state index in [0.717, 1.165) is 29.0 Å². The second kappa shape index (κ2) is 10.6. The molecule has 1 unspecified atom stereocenters. The Morgan fingerprint density at radius 2 is 1.77 bits per heavy atom. The number of aryl methyl sites for hydroxylation is 1. The smallest absolute Gasteiger partial charge is 0.143 e. The van der Waals surface area contributed by atoms with Crippen LogP contribution >= 0.6 is 0 Å². The van der Waals surface area contributed by atoms with E-state index < -0.39 is 0 Å². The van der Waals surface area contributed by atoms with E-state index in [9.17, 15) is 4.79 Å². The summed E-state index contributed by atoms with van der Waals surface area (Å²) in [6.45, 7) is 8.53. The topological polar surface area (TPSA) is 55.5 Å². The van der Waals surface area contributed by atoms with Crippen LogP contribution in [0.4, 0.5) is 0 Å². The summed E-state index contributed by atoms with van der Waals surface area (Å²) < 4.78 is 5.43. The standard InChI is InChI=1S/C36H42N2O2/c1-5-6-14-36(16-17-36)15-13-25-9-12-30-27(18-25)20-33-31(30)23-32(37-33)26-10-7-24(8-11-26)19-29(39)21-28-22-34(40-38-28)35(2,3)4/h7-12,18,22-23,31H,5-6,13-17,19-21H2,1-4H3. The van der Waals surface area contributed by atoms with Crippen molar-refractivity contribution < 1.29 is 9.32 Å².